The molecule has 8 rings (SSSR count). The molecule has 8 aromatic carbocycles. The zero-order chi connectivity index (χ0) is 61.2. The minimum atomic E-state index is -5.87. The molecule has 438 valence electrons. The predicted molar refractivity (Wildman–Crippen MR) is 308 cm³/mol. The summed E-state index contributed by atoms with van der Waals surface area (Å²) in [4.78, 5) is 26.1. The van der Waals surface area contributed by atoms with Gasteiger partial charge in [0, 0.05) is 33.4 Å². The Morgan fingerprint density at radius 2 is 0.702 bits per heavy atom. The monoisotopic (exact) mass is 1190 g/mol. The van der Waals surface area contributed by atoms with Crippen molar-refractivity contribution in [1.29, 1.82) is 0 Å². The van der Waals surface area contributed by atoms with Gasteiger partial charge in [-0.1, -0.05) is 144 Å². The molecule has 0 unspecified atom stereocenters. The van der Waals surface area contributed by atoms with Crippen molar-refractivity contribution in [3.8, 4) is 34.1 Å². The maximum atomic E-state index is 15.1. The number of ketones is 2. The molecule has 0 amide bonds. The van der Waals surface area contributed by atoms with Crippen LogP contribution in [0.25, 0.3) is 11.1 Å². The lowest BCUT2D eigenvalue weighted by molar-refractivity contribution is -0.288. The Hall–Kier alpha value is -7.90. The fourth-order valence-electron chi connectivity index (χ4n) is 9.00. The predicted octanol–water partition coefficient (Wildman–Crippen LogP) is 16.5. The lowest BCUT2D eigenvalue weighted by Gasteiger charge is -2.38. The van der Waals surface area contributed by atoms with Gasteiger partial charge < -0.3 is 9.47 Å². The standard InChI is InChI=1S/C66H60F6O10S2/c1-42-9-15-46(16-10-42)60(73)48-19-27-52(28-20-48)81-54-31-23-50(24-32-54)64(65(67,68)69,66(70,71)72)51-25-33-55(34-26-51)82-53-29-21-49(22-30-53)61(74)47-17-12-44(13-18-47)38-45-14-36-57(59(39-45)84(77,78)80-41-63(6,7)8)56-35-11-43(2)37-58(56)83(75,76)79-40-62(3,4)5/h9-37,39H,38,40-41H2,1-8H3. The van der Waals surface area contributed by atoms with Gasteiger partial charge in [-0.25, -0.2) is 0 Å². The van der Waals surface area contributed by atoms with E-state index in [0.717, 1.165) is 29.8 Å². The van der Waals surface area contributed by atoms with Gasteiger partial charge in [0.1, 0.15) is 32.8 Å². The molecule has 0 atom stereocenters. The van der Waals surface area contributed by atoms with Crippen LogP contribution < -0.4 is 9.47 Å². The minimum Gasteiger partial charge on any atom is -0.457 e. The van der Waals surface area contributed by atoms with Gasteiger partial charge in [-0.2, -0.15) is 43.2 Å². The molecule has 0 aliphatic heterocycles. The van der Waals surface area contributed by atoms with E-state index in [0.29, 0.717) is 52.1 Å². The second-order valence-electron chi connectivity index (χ2n) is 22.8. The third-order valence-corrected chi connectivity index (χ3v) is 16.0. The van der Waals surface area contributed by atoms with Crippen LogP contribution in [0.5, 0.6) is 23.0 Å². The smallest absolute Gasteiger partial charge is 0.411 e. The van der Waals surface area contributed by atoms with Crippen LogP contribution in [0.2, 0.25) is 0 Å². The Kier molecular flexibility index (Phi) is 17.8. The molecule has 0 aliphatic rings. The molecule has 0 saturated carbocycles. The molecule has 84 heavy (non-hydrogen) atoms. The van der Waals surface area contributed by atoms with Crippen molar-refractivity contribution >= 4 is 31.8 Å². The zero-order valence-electron chi connectivity index (χ0n) is 47.1. The van der Waals surface area contributed by atoms with Crippen LogP contribution in [0.15, 0.2) is 192 Å². The summed E-state index contributed by atoms with van der Waals surface area (Å²) in [7, 11) is -8.85. The van der Waals surface area contributed by atoms with E-state index in [9.17, 15) is 26.4 Å². The fourth-order valence-corrected chi connectivity index (χ4v) is 11.8. The summed E-state index contributed by atoms with van der Waals surface area (Å²) in [6.07, 6.45) is -11.5. The average Bonchev–Trinajstić information content (AvgIpc) is 0.842. The van der Waals surface area contributed by atoms with Gasteiger partial charge in [-0.05, 0) is 144 Å². The normalized spacial score (nSPS) is 12.7. The van der Waals surface area contributed by atoms with Crippen molar-refractivity contribution in [3.05, 3.63) is 238 Å². The first-order valence-corrected chi connectivity index (χ1v) is 29.2. The summed E-state index contributed by atoms with van der Waals surface area (Å²) >= 11 is 0. The number of rotatable bonds is 19. The van der Waals surface area contributed by atoms with Crippen molar-refractivity contribution in [2.75, 3.05) is 13.2 Å². The van der Waals surface area contributed by atoms with E-state index in [1.54, 1.807) is 67.6 Å². The van der Waals surface area contributed by atoms with Gasteiger partial charge >= 0.3 is 12.4 Å². The molecule has 8 aromatic rings. The van der Waals surface area contributed by atoms with Crippen LogP contribution in [0.3, 0.4) is 0 Å². The number of aryl methyl sites for hydroxylation is 2. The highest BCUT2D eigenvalue weighted by Gasteiger charge is 2.72. The van der Waals surface area contributed by atoms with Gasteiger partial charge in [-0.3, -0.25) is 18.0 Å². The second-order valence-corrected chi connectivity index (χ2v) is 26.0. The number of carbonyl (C=O) groups is 2. The van der Waals surface area contributed by atoms with E-state index >= 15 is 26.3 Å². The number of halogens is 6. The van der Waals surface area contributed by atoms with Crippen LogP contribution in [-0.4, -0.2) is 54.0 Å². The summed E-state index contributed by atoms with van der Waals surface area (Å²) in [5, 5.41) is 0. The first kappa shape index (κ1) is 62.2. The molecule has 0 radical (unpaired) electrons. The Morgan fingerprint density at radius 1 is 0.393 bits per heavy atom. The number of alkyl halides is 6. The maximum Gasteiger partial charge on any atom is 0.411 e. The minimum absolute atomic E-state index is 0.0510. The fraction of sp³-hybridized carbons (Fsp3) is 0.242. The summed E-state index contributed by atoms with van der Waals surface area (Å²) < 4.78 is 169. The SMILES string of the molecule is Cc1ccc(C(=O)c2ccc(Oc3ccc(C(c4ccc(Oc5ccc(C(=O)c6ccc(Cc7ccc(-c8ccc(C)cc8S(=O)(=O)OCC(C)(C)C)c(S(=O)(=O)OCC(C)(C)C)c7)cc6)cc5)cc4)(C(F)(F)F)C(F)(F)F)cc3)cc2)cc1. The number of ether oxygens (including phenoxy) is 2. The third kappa shape index (κ3) is 14.4. The first-order valence-electron chi connectivity index (χ1n) is 26.4. The van der Waals surface area contributed by atoms with E-state index in [1.165, 1.54) is 72.8 Å². The third-order valence-electron chi connectivity index (χ3n) is 13.4. The van der Waals surface area contributed by atoms with Gasteiger partial charge in [0.2, 0.25) is 5.41 Å². The van der Waals surface area contributed by atoms with Gasteiger partial charge in [0.15, 0.2) is 11.6 Å². The molecule has 0 aliphatic carbocycles. The van der Waals surface area contributed by atoms with Crippen LogP contribution >= 0.6 is 0 Å². The lowest BCUT2D eigenvalue weighted by atomic mass is 9.73. The number of benzene rings is 8. The highest BCUT2D eigenvalue weighted by molar-refractivity contribution is 7.87. The van der Waals surface area contributed by atoms with Crippen molar-refractivity contribution in [1.82, 2.24) is 0 Å². The van der Waals surface area contributed by atoms with Gasteiger partial charge in [0.05, 0.1) is 13.2 Å². The highest BCUT2D eigenvalue weighted by Crippen LogP contribution is 2.56. The molecular formula is C66H60F6O10S2. The number of hydrogen-bond donors (Lipinski definition) is 0. The molecule has 0 spiro atoms. The van der Waals surface area contributed by atoms with Crippen LogP contribution in [0.1, 0.15) is 107 Å². The summed E-state index contributed by atoms with van der Waals surface area (Å²) in [6.45, 7) is 14.2. The van der Waals surface area contributed by atoms with E-state index in [1.807, 2.05) is 48.5 Å². The summed E-state index contributed by atoms with van der Waals surface area (Å²) in [6, 6.07) is 41.3. The van der Waals surface area contributed by atoms with Crippen molar-refractivity contribution in [2.45, 2.75) is 89.4 Å². The van der Waals surface area contributed by atoms with Crippen molar-refractivity contribution < 1.29 is 70.6 Å². The Balaban J connectivity index is 0.959. The maximum absolute atomic E-state index is 15.1. The summed E-state index contributed by atoms with van der Waals surface area (Å²) in [5.74, 6) is -0.466. The topological polar surface area (TPSA) is 139 Å². The number of hydrogen-bond acceptors (Lipinski definition) is 10. The van der Waals surface area contributed by atoms with Crippen LogP contribution in [0.4, 0.5) is 26.3 Å². The average molecular weight is 1190 g/mol. The summed E-state index contributed by atoms with van der Waals surface area (Å²) in [5.41, 5.74) is -3.39. The molecule has 0 aromatic heterocycles. The zero-order valence-corrected chi connectivity index (χ0v) is 48.7. The lowest BCUT2D eigenvalue weighted by Crippen LogP contribution is -2.54. The quantitative estimate of drug-likeness (QED) is 0.0437. The second kappa shape index (κ2) is 24.0. The molecule has 0 bridgehead atoms. The van der Waals surface area contributed by atoms with Gasteiger partial charge in [-0.15, -0.1) is 0 Å². The Labute approximate surface area is 485 Å². The molecule has 0 N–H and O–H groups in total. The molecule has 0 saturated heterocycles. The molecule has 0 heterocycles. The largest absolute Gasteiger partial charge is 0.457 e. The Morgan fingerprint density at radius 3 is 1.07 bits per heavy atom. The van der Waals surface area contributed by atoms with Crippen molar-refractivity contribution in [2.24, 2.45) is 10.8 Å². The molecule has 0 fully saturated rings. The van der Waals surface area contributed by atoms with Gasteiger partial charge in [0.25, 0.3) is 20.2 Å². The van der Waals surface area contributed by atoms with E-state index in [-0.39, 0.29) is 80.5 Å². The molecule has 18 heteroatoms. The van der Waals surface area contributed by atoms with E-state index in [4.69, 9.17) is 17.8 Å². The molecule has 10 nitrogen and oxygen atoms in total. The van der Waals surface area contributed by atoms with Crippen LogP contribution in [0, 0.1) is 24.7 Å². The van der Waals surface area contributed by atoms with E-state index < -0.39 is 65.7 Å². The Bertz CT molecular complexity index is 3890. The first-order chi connectivity index (χ1) is 39.2. The molecular weight excluding hydrogens is 1130 g/mol. The van der Waals surface area contributed by atoms with E-state index in [2.05, 4.69) is 0 Å². The number of carbonyl (C=O) groups excluding carboxylic acids is 2. The van der Waals surface area contributed by atoms with Crippen LogP contribution in [-0.2, 0) is 40.4 Å². The highest BCUT2D eigenvalue weighted by atomic mass is 32.2. The van der Waals surface area contributed by atoms with Crippen molar-refractivity contribution in [3.63, 3.8) is 0 Å².